The molecule has 2 aromatic rings. The Hall–Kier alpha value is -1.81. The fraction of sp³-hybridized carbons (Fsp3) is 0.286. The molecule has 1 aromatic heterocycles. The number of fused-ring (bicyclic) bond motifs is 1. The molecule has 0 spiro atoms. The summed E-state index contributed by atoms with van der Waals surface area (Å²) in [6.07, 6.45) is 2.52. The fourth-order valence-corrected chi connectivity index (χ4v) is 2.40. The first-order valence-corrected chi connectivity index (χ1v) is 6.05. The Labute approximate surface area is 105 Å². The SMILES string of the molecule is Cc1cc(F)ccc1-c1ncnc2c1CNCC2. The van der Waals surface area contributed by atoms with Gasteiger partial charge >= 0.3 is 0 Å². The van der Waals surface area contributed by atoms with Crippen molar-refractivity contribution in [2.24, 2.45) is 0 Å². The van der Waals surface area contributed by atoms with Crippen molar-refractivity contribution in [2.45, 2.75) is 19.9 Å². The van der Waals surface area contributed by atoms with Crippen molar-refractivity contribution in [1.82, 2.24) is 15.3 Å². The van der Waals surface area contributed by atoms with Gasteiger partial charge in [-0.1, -0.05) is 0 Å². The maximum Gasteiger partial charge on any atom is 0.123 e. The smallest absolute Gasteiger partial charge is 0.123 e. The van der Waals surface area contributed by atoms with Crippen LogP contribution < -0.4 is 5.32 Å². The van der Waals surface area contributed by atoms with Gasteiger partial charge in [-0.3, -0.25) is 0 Å². The summed E-state index contributed by atoms with van der Waals surface area (Å²) in [6, 6.07) is 4.81. The van der Waals surface area contributed by atoms with Crippen molar-refractivity contribution >= 4 is 0 Å². The first-order valence-electron chi connectivity index (χ1n) is 6.05. The summed E-state index contributed by atoms with van der Waals surface area (Å²) < 4.78 is 13.2. The van der Waals surface area contributed by atoms with Crippen LogP contribution in [-0.2, 0) is 13.0 Å². The van der Waals surface area contributed by atoms with E-state index in [2.05, 4.69) is 15.3 Å². The molecule has 0 unspecified atom stereocenters. The molecule has 1 aromatic carbocycles. The maximum absolute atomic E-state index is 13.2. The van der Waals surface area contributed by atoms with Crippen LogP contribution in [0.4, 0.5) is 4.39 Å². The van der Waals surface area contributed by atoms with Gasteiger partial charge in [0.05, 0.1) is 11.4 Å². The van der Waals surface area contributed by atoms with E-state index in [0.29, 0.717) is 0 Å². The molecule has 1 aliphatic heterocycles. The molecule has 4 heteroatoms. The first-order chi connectivity index (χ1) is 8.75. The van der Waals surface area contributed by atoms with Gasteiger partial charge in [-0.25, -0.2) is 14.4 Å². The monoisotopic (exact) mass is 243 g/mol. The van der Waals surface area contributed by atoms with Crippen LogP contribution in [0.25, 0.3) is 11.3 Å². The van der Waals surface area contributed by atoms with Crippen molar-refractivity contribution in [3.8, 4) is 11.3 Å². The van der Waals surface area contributed by atoms with Crippen LogP contribution in [0.5, 0.6) is 0 Å². The molecule has 0 bridgehead atoms. The first kappa shape index (κ1) is 11.3. The minimum absolute atomic E-state index is 0.211. The van der Waals surface area contributed by atoms with Crippen molar-refractivity contribution in [3.63, 3.8) is 0 Å². The van der Waals surface area contributed by atoms with Crippen molar-refractivity contribution in [2.75, 3.05) is 6.54 Å². The average Bonchev–Trinajstić information content (AvgIpc) is 2.38. The maximum atomic E-state index is 13.2. The Balaban J connectivity index is 2.17. The summed E-state index contributed by atoms with van der Waals surface area (Å²) in [6.45, 7) is 3.64. The highest BCUT2D eigenvalue weighted by atomic mass is 19.1. The van der Waals surface area contributed by atoms with Crippen LogP contribution in [-0.4, -0.2) is 16.5 Å². The summed E-state index contributed by atoms with van der Waals surface area (Å²) in [5.74, 6) is -0.211. The highest BCUT2D eigenvalue weighted by Gasteiger charge is 2.17. The lowest BCUT2D eigenvalue weighted by atomic mass is 9.97. The van der Waals surface area contributed by atoms with Crippen LogP contribution in [0.15, 0.2) is 24.5 Å². The van der Waals surface area contributed by atoms with Crippen molar-refractivity contribution < 1.29 is 4.39 Å². The molecule has 0 saturated heterocycles. The van der Waals surface area contributed by atoms with Crippen molar-refractivity contribution in [3.05, 3.63) is 47.2 Å². The zero-order valence-corrected chi connectivity index (χ0v) is 10.2. The lowest BCUT2D eigenvalue weighted by Gasteiger charge is -2.19. The van der Waals surface area contributed by atoms with Gasteiger partial charge in [-0.05, 0) is 30.7 Å². The number of halogens is 1. The van der Waals surface area contributed by atoms with E-state index in [1.807, 2.05) is 6.92 Å². The Kier molecular flexibility index (Phi) is 2.80. The van der Waals surface area contributed by atoms with Crippen LogP contribution >= 0.6 is 0 Å². The number of nitrogens with one attached hydrogen (secondary N) is 1. The third-order valence-corrected chi connectivity index (χ3v) is 3.32. The lowest BCUT2D eigenvalue weighted by molar-refractivity contribution is 0.624. The van der Waals surface area contributed by atoms with E-state index >= 15 is 0 Å². The second-order valence-electron chi connectivity index (χ2n) is 4.53. The van der Waals surface area contributed by atoms with Crippen LogP contribution in [0.1, 0.15) is 16.8 Å². The Morgan fingerprint density at radius 3 is 3.00 bits per heavy atom. The highest BCUT2D eigenvalue weighted by molar-refractivity contribution is 5.67. The minimum atomic E-state index is -0.211. The number of hydrogen-bond acceptors (Lipinski definition) is 3. The predicted molar refractivity (Wildman–Crippen MR) is 67.6 cm³/mol. The Bertz CT molecular complexity index is 596. The van der Waals surface area contributed by atoms with Crippen LogP contribution in [0.3, 0.4) is 0 Å². The number of hydrogen-bond donors (Lipinski definition) is 1. The normalized spacial score (nSPS) is 14.3. The van der Waals surface area contributed by atoms with Gasteiger partial charge in [0, 0.05) is 30.6 Å². The molecular weight excluding hydrogens is 229 g/mol. The second-order valence-corrected chi connectivity index (χ2v) is 4.53. The van der Waals surface area contributed by atoms with Gasteiger partial charge in [0.2, 0.25) is 0 Å². The molecule has 0 radical (unpaired) electrons. The van der Waals surface area contributed by atoms with E-state index in [1.165, 1.54) is 6.07 Å². The van der Waals surface area contributed by atoms with E-state index in [4.69, 9.17) is 0 Å². The Morgan fingerprint density at radius 2 is 2.17 bits per heavy atom. The van der Waals surface area contributed by atoms with Gasteiger partial charge in [-0.2, -0.15) is 0 Å². The fourth-order valence-electron chi connectivity index (χ4n) is 2.40. The van der Waals surface area contributed by atoms with Gasteiger partial charge in [0.25, 0.3) is 0 Å². The van der Waals surface area contributed by atoms with E-state index in [1.54, 1.807) is 18.5 Å². The quantitative estimate of drug-likeness (QED) is 0.834. The molecule has 3 rings (SSSR count). The summed E-state index contributed by atoms with van der Waals surface area (Å²) in [7, 11) is 0. The molecule has 0 fully saturated rings. The van der Waals surface area contributed by atoms with Crippen molar-refractivity contribution in [1.29, 1.82) is 0 Å². The van der Waals surface area contributed by atoms with E-state index < -0.39 is 0 Å². The summed E-state index contributed by atoms with van der Waals surface area (Å²) in [5.41, 5.74) is 5.05. The van der Waals surface area contributed by atoms with Crippen LogP contribution in [0.2, 0.25) is 0 Å². The molecule has 0 aliphatic carbocycles. The second kappa shape index (κ2) is 4.46. The van der Waals surface area contributed by atoms with Crippen LogP contribution in [0, 0.1) is 12.7 Å². The number of benzene rings is 1. The molecule has 1 aliphatic rings. The van der Waals surface area contributed by atoms with Gasteiger partial charge in [-0.15, -0.1) is 0 Å². The predicted octanol–water partition coefficient (Wildman–Crippen LogP) is 2.24. The summed E-state index contributed by atoms with van der Waals surface area (Å²) in [5, 5.41) is 3.33. The Morgan fingerprint density at radius 1 is 1.28 bits per heavy atom. The third kappa shape index (κ3) is 1.88. The third-order valence-electron chi connectivity index (χ3n) is 3.32. The average molecular weight is 243 g/mol. The van der Waals surface area contributed by atoms with E-state index in [-0.39, 0.29) is 5.82 Å². The molecule has 92 valence electrons. The number of aryl methyl sites for hydroxylation is 1. The molecule has 0 atom stereocenters. The molecular formula is C14H14FN3. The highest BCUT2D eigenvalue weighted by Crippen LogP contribution is 2.27. The minimum Gasteiger partial charge on any atom is -0.312 e. The number of nitrogens with zero attached hydrogens (tertiary/aromatic N) is 2. The zero-order valence-electron chi connectivity index (χ0n) is 10.2. The lowest BCUT2D eigenvalue weighted by Crippen LogP contribution is -2.25. The number of aromatic nitrogens is 2. The van der Waals surface area contributed by atoms with E-state index in [0.717, 1.165) is 47.6 Å². The summed E-state index contributed by atoms with van der Waals surface area (Å²) >= 11 is 0. The van der Waals surface area contributed by atoms with E-state index in [9.17, 15) is 4.39 Å². The molecule has 2 heterocycles. The molecule has 1 N–H and O–H groups in total. The van der Waals surface area contributed by atoms with Gasteiger partial charge < -0.3 is 5.32 Å². The zero-order chi connectivity index (χ0) is 12.5. The van der Waals surface area contributed by atoms with Gasteiger partial charge in [0.15, 0.2) is 0 Å². The van der Waals surface area contributed by atoms with Gasteiger partial charge in [0.1, 0.15) is 12.1 Å². The molecule has 3 nitrogen and oxygen atoms in total. The topological polar surface area (TPSA) is 37.8 Å². The molecule has 18 heavy (non-hydrogen) atoms. The summed E-state index contributed by atoms with van der Waals surface area (Å²) in [4.78, 5) is 8.71. The molecule has 0 saturated carbocycles. The number of rotatable bonds is 1. The largest absolute Gasteiger partial charge is 0.312 e. The molecule has 0 amide bonds. The standard InChI is InChI=1S/C14H14FN3/c1-9-6-10(15)2-3-11(9)14-12-7-16-5-4-13(12)17-8-18-14/h2-3,6,8,16H,4-5,7H2,1H3.